The van der Waals surface area contributed by atoms with Gasteiger partial charge in [-0.1, -0.05) is 54.6 Å². The number of fused-ring (bicyclic) bond motifs is 2. The third-order valence-electron chi connectivity index (χ3n) is 5.12. The van der Waals surface area contributed by atoms with E-state index >= 15 is 0 Å². The van der Waals surface area contributed by atoms with Gasteiger partial charge in [0.2, 0.25) is 5.91 Å². The van der Waals surface area contributed by atoms with Crippen LogP contribution in [-0.4, -0.2) is 5.91 Å². The van der Waals surface area contributed by atoms with E-state index in [2.05, 4.69) is 29.6 Å². The molecule has 0 bridgehead atoms. The van der Waals surface area contributed by atoms with Gasteiger partial charge in [-0.15, -0.1) is 11.3 Å². The van der Waals surface area contributed by atoms with E-state index < -0.39 is 0 Å². The largest absolute Gasteiger partial charge is 0.325 e. The van der Waals surface area contributed by atoms with E-state index in [0.717, 1.165) is 27.3 Å². The normalized spacial score (nSPS) is 16.2. The number of rotatable bonds is 2. The average molecular weight is 373 g/mol. The number of hydrogen-bond acceptors (Lipinski definition) is 2. The number of hydrogen-bond donors (Lipinski definition) is 1. The summed E-state index contributed by atoms with van der Waals surface area (Å²) in [5.41, 5.74) is 3.65. The van der Waals surface area contributed by atoms with Crippen molar-refractivity contribution in [1.29, 1.82) is 0 Å². The summed E-state index contributed by atoms with van der Waals surface area (Å²) >= 11 is 1.63. The first-order valence-corrected chi connectivity index (χ1v) is 9.73. The van der Waals surface area contributed by atoms with Gasteiger partial charge in [0.05, 0.1) is 5.69 Å². The first-order chi connectivity index (χ1) is 13.2. The average Bonchev–Trinajstić information content (AvgIpc) is 3.10. The maximum Gasteiger partial charge on any atom is 0.225 e. The molecule has 1 amide bonds. The van der Waals surface area contributed by atoms with Crippen LogP contribution in [0, 0.1) is 5.82 Å². The van der Waals surface area contributed by atoms with Gasteiger partial charge in [-0.2, -0.15) is 0 Å². The number of carbonyl (C=O) groups is 1. The Morgan fingerprint density at radius 2 is 1.81 bits per heavy atom. The van der Waals surface area contributed by atoms with Gasteiger partial charge in [0.25, 0.3) is 0 Å². The van der Waals surface area contributed by atoms with Crippen LogP contribution >= 0.6 is 11.3 Å². The van der Waals surface area contributed by atoms with E-state index in [1.165, 1.54) is 22.9 Å². The van der Waals surface area contributed by atoms with Gasteiger partial charge in [-0.3, -0.25) is 4.79 Å². The van der Waals surface area contributed by atoms with Gasteiger partial charge in [-0.05, 0) is 34.0 Å². The van der Waals surface area contributed by atoms with Crippen LogP contribution in [0.1, 0.15) is 22.8 Å². The second-order valence-electron chi connectivity index (χ2n) is 6.77. The van der Waals surface area contributed by atoms with Crippen LogP contribution < -0.4 is 5.32 Å². The molecule has 0 spiro atoms. The van der Waals surface area contributed by atoms with Crippen molar-refractivity contribution in [3.8, 4) is 11.1 Å². The molecule has 1 aromatic heterocycles. The minimum atomic E-state index is -0.278. The van der Waals surface area contributed by atoms with Gasteiger partial charge in [-0.25, -0.2) is 4.39 Å². The summed E-state index contributed by atoms with van der Waals surface area (Å²) in [6.07, 6.45) is 0.421. The Hall–Kier alpha value is -2.98. The number of carbonyl (C=O) groups excluding carboxylic acids is 1. The van der Waals surface area contributed by atoms with Crippen LogP contribution in [0.25, 0.3) is 21.9 Å². The third-order valence-corrected chi connectivity index (χ3v) is 6.22. The molecule has 0 fully saturated rings. The summed E-state index contributed by atoms with van der Waals surface area (Å²) in [5, 5.41) is 7.38. The fraction of sp³-hybridized carbons (Fsp3) is 0.0870. The molecule has 1 N–H and O–H groups in total. The highest BCUT2D eigenvalue weighted by molar-refractivity contribution is 7.11. The molecule has 0 unspecified atom stereocenters. The lowest BCUT2D eigenvalue weighted by Crippen LogP contribution is -2.22. The van der Waals surface area contributed by atoms with Crippen LogP contribution in [0.5, 0.6) is 0 Å². The highest BCUT2D eigenvalue weighted by atomic mass is 32.1. The Labute approximate surface area is 160 Å². The lowest BCUT2D eigenvalue weighted by Gasteiger charge is -2.25. The third kappa shape index (κ3) is 2.73. The quantitative estimate of drug-likeness (QED) is 0.446. The molecule has 2 heterocycles. The minimum Gasteiger partial charge on any atom is -0.325 e. The van der Waals surface area contributed by atoms with Crippen molar-refractivity contribution in [1.82, 2.24) is 0 Å². The molecule has 3 aromatic carbocycles. The number of anilines is 1. The number of benzene rings is 3. The summed E-state index contributed by atoms with van der Waals surface area (Å²) in [7, 11) is 0. The molecule has 2 nitrogen and oxygen atoms in total. The molecule has 0 aliphatic carbocycles. The SMILES string of the molecule is O=C1C[C@@H](c2cccc3ccccc23)c2scc(-c3cccc(F)c3)c2N1. The highest BCUT2D eigenvalue weighted by Gasteiger charge is 2.31. The topological polar surface area (TPSA) is 29.1 Å². The molecule has 27 heavy (non-hydrogen) atoms. The van der Waals surface area contributed by atoms with Gasteiger partial charge in [0, 0.05) is 28.2 Å². The zero-order chi connectivity index (χ0) is 18.4. The van der Waals surface area contributed by atoms with Crippen molar-refractivity contribution >= 4 is 33.7 Å². The second-order valence-corrected chi connectivity index (χ2v) is 7.68. The van der Waals surface area contributed by atoms with Gasteiger partial charge >= 0.3 is 0 Å². The number of halogens is 1. The molecule has 0 saturated carbocycles. The van der Waals surface area contributed by atoms with Gasteiger partial charge < -0.3 is 5.32 Å². The monoisotopic (exact) mass is 373 g/mol. The summed E-state index contributed by atoms with van der Waals surface area (Å²) in [6.45, 7) is 0. The predicted octanol–water partition coefficient (Wildman–Crippen LogP) is 6.18. The maximum atomic E-state index is 13.7. The molecule has 0 saturated heterocycles. The molecule has 0 radical (unpaired) electrons. The smallest absolute Gasteiger partial charge is 0.225 e. The molecule has 4 aromatic rings. The molecule has 132 valence electrons. The number of thiophene rings is 1. The van der Waals surface area contributed by atoms with Crippen molar-refractivity contribution in [2.75, 3.05) is 5.32 Å². The fourth-order valence-electron chi connectivity index (χ4n) is 3.90. The van der Waals surface area contributed by atoms with E-state index in [1.807, 2.05) is 29.6 Å². The number of nitrogens with one attached hydrogen (secondary N) is 1. The van der Waals surface area contributed by atoms with E-state index in [9.17, 15) is 9.18 Å². The summed E-state index contributed by atoms with van der Waals surface area (Å²) in [6, 6.07) is 21.0. The van der Waals surface area contributed by atoms with Crippen molar-refractivity contribution in [3.05, 3.63) is 88.4 Å². The summed E-state index contributed by atoms with van der Waals surface area (Å²) in [5.74, 6) is -0.274. The van der Waals surface area contributed by atoms with Gasteiger partial charge in [0.1, 0.15) is 5.82 Å². The molecule has 1 atom stereocenters. The van der Waals surface area contributed by atoms with E-state index in [1.54, 1.807) is 17.4 Å². The van der Waals surface area contributed by atoms with Crippen LogP contribution in [0.15, 0.2) is 72.1 Å². The molecular weight excluding hydrogens is 357 g/mol. The van der Waals surface area contributed by atoms with E-state index in [0.29, 0.717) is 6.42 Å². The van der Waals surface area contributed by atoms with Crippen LogP contribution in [0.3, 0.4) is 0 Å². The lowest BCUT2D eigenvalue weighted by molar-refractivity contribution is -0.116. The Morgan fingerprint density at radius 3 is 2.70 bits per heavy atom. The van der Waals surface area contributed by atoms with Crippen LogP contribution in [0.2, 0.25) is 0 Å². The maximum absolute atomic E-state index is 13.7. The van der Waals surface area contributed by atoms with Crippen molar-refractivity contribution in [3.63, 3.8) is 0 Å². The Morgan fingerprint density at radius 1 is 1.00 bits per heavy atom. The Bertz CT molecular complexity index is 1170. The molecule has 5 rings (SSSR count). The Balaban J connectivity index is 1.69. The van der Waals surface area contributed by atoms with Crippen molar-refractivity contribution < 1.29 is 9.18 Å². The zero-order valence-corrected chi connectivity index (χ0v) is 15.2. The van der Waals surface area contributed by atoms with E-state index in [4.69, 9.17) is 0 Å². The van der Waals surface area contributed by atoms with Crippen molar-refractivity contribution in [2.24, 2.45) is 0 Å². The zero-order valence-electron chi connectivity index (χ0n) is 14.4. The van der Waals surface area contributed by atoms with E-state index in [-0.39, 0.29) is 17.6 Å². The van der Waals surface area contributed by atoms with Crippen LogP contribution in [0.4, 0.5) is 10.1 Å². The molecule has 1 aliphatic heterocycles. The molecule has 1 aliphatic rings. The van der Waals surface area contributed by atoms with Crippen LogP contribution in [-0.2, 0) is 4.79 Å². The molecular formula is C23H16FNOS. The van der Waals surface area contributed by atoms with Gasteiger partial charge in [0.15, 0.2) is 0 Å². The molecule has 4 heteroatoms. The summed E-state index contributed by atoms with van der Waals surface area (Å²) in [4.78, 5) is 13.6. The lowest BCUT2D eigenvalue weighted by atomic mass is 9.86. The fourth-order valence-corrected chi connectivity index (χ4v) is 5.05. The van der Waals surface area contributed by atoms with Crippen molar-refractivity contribution in [2.45, 2.75) is 12.3 Å². The Kier molecular flexibility index (Phi) is 3.80. The highest BCUT2D eigenvalue weighted by Crippen LogP contribution is 2.47. The second kappa shape index (κ2) is 6.32. The standard InChI is InChI=1S/C23H16FNOS/c24-16-8-3-7-15(11-16)20-13-27-23-19(12-21(26)25-22(20)23)18-10-4-6-14-5-1-2-9-17(14)18/h1-11,13,19H,12H2,(H,25,26)/t19-/m0/s1. The predicted molar refractivity (Wildman–Crippen MR) is 109 cm³/mol. The first-order valence-electron chi connectivity index (χ1n) is 8.85. The first kappa shape index (κ1) is 16.2. The summed E-state index contributed by atoms with van der Waals surface area (Å²) < 4.78 is 13.7. The minimum absolute atomic E-state index is 0.00325. The number of amides is 1.